The highest BCUT2D eigenvalue weighted by molar-refractivity contribution is 7.45. The highest BCUT2D eigenvalue weighted by Crippen LogP contribution is 2.38. The number of carbonyl (C=O) groups excluding carboxylic acids is 1. The number of quaternary nitrogens is 1. The number of unbranched alkanes of at least 4 members (excludes halogenated alkanes) is 30. The van der Waals surface area contributed by atoms with Crippen molar-refractivity contribution >= 4 is 13.7 Å². The summed E-state index contributed by atoms with van der Waals surface area (Å²) in [6.07, 6.45) is 43.1. The molecule has 1 amide bonds. The lowest BCUT2D eigenvalue weighted by atomic mass is 10.0. The molecule has 8 nitrogen and oxygen atoms in total. The van der Waals surface area contributed by atoms with Gasteiger partial charge in [0.1, 0.15) is 13.2 Å². The van der Waals surface area contributed by atoms with Gasteiger partial charge in [0.05, 0.1) is 39.9 Å². The second-order valence-electron chi connectivity index (χ2n) is 17.5. The van der Waals surface area contributed by atoms with E-state index in [4.69, 9.17) is 9.05 Å². The molecule has 9 heteroatoms. The number of likely N-dealkylation sites (N-methyl/N-ethyl adjacent to an activating group) is 1. The van der Waals surface area contributed by atoms with Crippen LogP contribution in [0.3, 0.4) is 0 Å². The van der Waals surface area contributed by atoms with Crippen LogP contribution in [-0.4, -0.2) is 68.5 Å². The van der Waals surface area contributed by atoms with E-state index >= 15 is 0 Å². The van der Waals surface area contributed by atoms with Crippen LogP contribution >= 0.6 is 7.82 Å². The highest BCUT2D eigenvalue weighted by Gasteiger charge is 2.24. The minimum absolute atomic E-state index is 0.0133. The normalized spacial score (nSPS) is 14.3. The first kappa shape index (κ1) is 53.5. The molecule has 0 saturated heterocycles. The van der Waals surface area contributed by atoms with Crippen molar-refractivity contribution in [3.63, 3.8) is 0 Å². The van der Waals surface area contributed by atoms with Gasteiger partial charge in [0, 0.05) is 6.42 Å². The number of nitrogens with one attached hydrogen (secondary N) is 1. The van der Waals surface area contributed by atoms with Crippen LogP contribution in [0, 0.1) is 0 Å². The van der Waals surface area contributed by atoms with E-state index in [1.807, 2.05) is 28.1 Å². The maximum Gasteiger partial charge on any atom is 0.268 e. The van der Waals surface area contributed by atoms with Crippen molar-refractivity contribution in [2.45, 2.75) is 244 Å². The Morgan fingerprint density at radius 2 is 0.907 bits per heavy atom. The van der Waals surface area contributed by atoms with Gasteiger partial charge in [-0.05, 0) is 12.8 Å². The summed E-state index contributed by atoms with van der Waals surface area (Å²) in [6.45, 7) is 4.39. The molecular formula is C45H93N2O6P. The Bertz CT molecular complexity index is 855. The predicted octanol–water partition coefficient (Wildman–Crippen LogP) is 12.3. The zero-order chi connectivity index (χ0) is 40.0. The van der Waals surface area contributed by atoms with E-state index < -0.39 is 20.0 Å². The molecule has 0 bridgehead atoms. The molecule has 0 aliphatic carbocycles. The topological polar surface area (TPSA) is 108 Å². The van der Waals surface area contributed by atoms with Gasteiger partial charge >= 0.3 is 0 Å². The number of aliphatic hydroxyl groups excluding tert-OH is 1. The lowest BCUT2D eigenvalue weighted by molar-refractivity contribution is -0.870. The fourth-order valence-electron chi connectivity index (χ4n) is 7.14. The summed E-state index contributed by atoms with van der Waals surface area (Å²) >= 11 is 0. The number of rotatable bonds is 43. The lowest BCUT2D eigenvalue weighted by Crippen LogP contribution is -2.46. The summed E-state index contributed by atoms with van der Waals surface area (Å²) in [4.78, 5) is 24.5. The van der Waals surface area contributed by atoms with Crippen molar-refractivity contribution in [2.75, 3.05) is 40.9 Å². The second-order valence-corrected chi connectivity index (χ2v) is 18.9. The van der Waals surface area contributed by atoms with Gasteiger partial charge in [-0.3, -0.25) is 9.36 Å². The SMILES string of the molecule is CCCCCCCCCCCCCCCCCCCCCCCCCCCCCCCCCC(O)C(COP(=O)([O-])OCC[N+](C)(C)C)NC(=O)CCC. The Balaban J connectivity index is 3.63. The van der Waals surface area contributed by atoms with Crippen molar-refractivity contribution in [1.29, 1.82) is 0 Å². The quantitative estimate of drug-likeness (QED) is 0.0362. The summed E-state index contributed by atoms with van der Waals surface area (Å²) < 4.78 is 22.9. The van der Waals surface area contributed by atoms with Crippen LogP contribution in [0.2, 0.25) is 0 Å². The molecule has 0 aromatic carbocycles. The Hall–Kier alpha value is -0.500. The van der Waals surface area contributed by atoms with E-state index in [1.54, 1.807) is 0 Å². The zero-order valence-corrected chi connectivity index (χ0v) is 37.6. The number of aliphatic hydroxyl groups is 1. The Kier molecular flexibility index (Phi) is 37.7. The van der Waals surface area contributed by atoms with E-state index in [0.29, 0.717) is 30.3 Å². The Labute approximate surface area is 336 Å². The molecule has 2 N–H and O–H groups in total. The van der Waals surface area contributed by atoms with Crippen LogP contribution in [0.15, 0.2) is 0 Å². The summed E-state index contributed by atoms with van der Waals surface area (Å²) in [5.41, 5.74) is 0. The monoisotopic (exact) mass is 789 g/mol. The van der Waals surface area contributed by atoms with Crippen molar-refractivity contribution in [3.05, 3.63) is 0 Å². The van der Waals surface area contributed by atoms with Gasteiger partial charge in [0.15, 0.2) is 0 Å². The average Bonchev–Trinajstić information content (AvgIpc) is 3.11. The van der Waals surface area contributed by atoms with Gasteiger partial charge < -0.3 is 28.8 Å². The summed E-state index contributed by atoms with van der Waals surface area (Å²) in [5.74, 6) is -0.215. The maximum atomic E-state index is 12.2. The first-order chi connectivity index (χ1) is 26.0. The van der Waals surface area contributed by atoms with Crippen LogP contribution in [0.25, 0.3) is 0 Å². The first-order valence-electron chi connectivity index (χ1n) is 23.4. The van der Waals surface area contributed by atoms with E-state index in [0.717, 1.165) is 19.3 Å². The molecule has 0 rings (SSSR count). The Morgan fingerprint density at radius 3 is 1.22 bits per heavy atom. The van der Waals surface area contributed by atoms with Gasteiger partial charge in [-0.1, -0.05) is 213 Å². The third kappa shape index (κ3) is 39.7. The van der Waals surface area contributed by atoms with E-state index in [-0.39, 0.29) is 19.1 Å². The van der Waals surface area contributed by atoms with E-state index in [2.05, 4.69) is 12.2 Å². The first-order valence-corrected chi connectivity index (χ1v) is 24.8. The third-order valence-electron chi connectivity index (χ3n) is 10.8. The van der Waals surface area contributed by atoms with Crippen molar-refractivity contribution in [1.82, 2.24) is 5.32 Å². The summed E-state index contributed by atoms with van der Waals surface area (Å²) in [7, 11) is 1.31. The number of phosphoric ester groups is 1. The van der Waals surface area contributed by atoms with Gasteiger partial charge in [0.25, 0.3) is 7.82 Å². The Morgan fingerprint density at radius 1 is 0.574 bits per heavy atom. The van der Waals surface area contributed by atoms with Crippen LogP contribution in [0.4, 0.5) is 0 Å². The molecule has 0 aromatic heterocycles. The molecule has 0 saturated carbocycles. The standard InChI is InChI=1S/C45H93N2O6P/c1-6-8-9-10-11-12-13-14-15-16-17-18-19-20-21-22-23-24-25-26-27-28-29-30-31-32-33-34-35-36-37-39-44(48)43(46-45(49)38-7-2)42-53-54(50,51)52-41-40-47(3,4)5/h43-44,48H,6-42H2,1-5H3,(H-,46,49,50,51). The average molecular weight is 789 g/mol. The fourth-order valence-corrected chi connectivity index (χ4v) is 7.87. The zero-order valence-electron chi connectivity index (χ0n) is 36.7. The van der Waals surface area contributed by atoms with Gasteiger partial charge in [-0.2, -0.15) is 0 Å². The molecule has 0 aromatic rings. The number of hydrogen-bond acceptors (Lipinski definition) is 6. The number of hydrogen-bond donors (Lipinski definition) is 2. The molecule has 0 spiro atoms. The van der Waals surface area contributed by atoms with Crippen LogP contribution < -0.4 is 10.2 Å². The molecule has 0 fully saturated rings. The van der Waals surface area contributed by atoms with E-state index in [1.165, 1.54) is 180 Å². The minimum Gasteiger partial charge on any atom is -0.756 e. The highest BCUT2D eigenvalue weighted by atomic mass is 31.2. The van der Waals surface area contributed by atoms with E-state index in [9.17, 15) is 19.4 Å². The molecule has 3 atom stereocenters. The van der Waals surface area contributed by atoms with Crippen molar-refractivity contribution in [3.8, 4) is 0 Å². The predicted molar refractivity (Wildman–Crippen MR) is 229 cm³/mol. The molecule has 3 unspecified atom stereocenters. The number of amides is 1. The van der Waals surface area contributed by atoms with Crippen LogP contribution in [-0.2, 0) is 18.4 Å². The summed E-state index contributed by atoms with van der Waals surface area (Å²) in [5, 5.41) is 13.5. The summed E-state index contributed by atoms with van der Waals surface area (Å²) in [6, 6.07) is -0.790. The minimum atomic E-state index is -4.53. The molecule has 0 aliphatic rings. The van der Waals surface area contributed by atoms with Gasteiger partial charge in [-0.15, -0.1) is 0 Å². The van der Waals surface area contributed by atoms with Crippen molar-refractivity contribution in [2.24, 2.45) is 0 Å². The van der Waals surface area contributed by atoms with Crippen molar-refractivity contribution < 1.29 is 32.9 Å². The number of nitrogens with zero attached hydrogens (tertiary/aromatic N) is 1. The molecule has 0 heterocycles. The number of carbonyl (C=O) groups is 1. The van der Waals surface area contributed by atoms with Crippen LogP contribution in [0.5, 0.6) is 0 Å². The number of phosphoric acid groups is 1. The molecule has 54 heavy (non-hydrogen) atoms. The molecule has 0 radical (unpaired) electrons. The smallest absolute Gasteiger partial charge is 0.268 e. The second kappa shape index (κ2) is 38.0. The van der Waals surface area contributed by atoms with Crippen LogP contribution in [0.1, 0.15) is 232 Å². The maximum absolute atomic E-state index is 12.2. The fraction of sp³-hybridized carbons (Fsp3) is 0.978. The molecule has 324 valence electrons. The molecule has 0 aliphatic heterocycles. The lowest BCUT2D eigenvalue weighted by Gasteiger charge is -2.30. The third-order valence-corrected chi connectivity index (χ3v) is 11.8. The van der Waals surface area contributed by atoms with Gasteiger partial charge in [-0.25, -0.2) is 0 Å². The molecular weight excluding hydrogens is 695 g/mol. The largest absolute Gasteiger partial charge is 0.756 e. The van der Waals surface area contributed by atoms with Gasteiger partial charge in [0.2, 0.25) is 5.91 Å².